The van der Waals surface area contributed by atoms with Gasteiger partial charge in [-0.05, 0) is 24.6 Å². The van der Waals surface area contributed by atoms with Gasteiger partial charge in [-0.25, -0.2) is 0 Å². The van der Waals surface area contributed by atoms with Gasteiger partial charge in [0.05, 0.1) is 19.2 Å². The molecule has 0 saturated carbocycles. The zero-order valence-corrected chi connectivity index (χ0v) is 12.9. The summed E-state index contributed by atoms with van der Waals surface area (Å²) in [6.45, 7) is 2.84. The van der Waals surface area contributed by atoms with Gasteiger partial charge in [-0.2, -0.15) is 15.0 Å². The van der Waals surface area contributed by atoms with Crippen molar-refractivity contribution in [2.45, 2.75) is 13.3 Å². The Kier molecular flexibility index (Phi) is 5.16. The van der Waals surface area contributed by atoms with Gasteiger partial charge < -0.3 is 14.8 Å². The third kappa shape index (κ3) is 3.72. The topological polar surface area (TPSA) is 69.2 Å². The Hall–Kier alpha value is -2.08. The molecule has 6 nitrogen and oxygen atoms in total. The van der Waals surface area contributed by atoms with E-state index in [4.69, 9.17) is 21.1 Å². The second kappa shape index (κ2) is 7.08. The smallest absolute Gasteiger partial charge is 0.321 e. The Morgan fingerprint density at radius 2 is 1.95 bits per heavy atom. The minimum absolute atomic E-state index is 0.257. The molecular weight excluding hydrogens is 292 g/mol. The number of hydrogen-bond acceptors (Lipinski definition) is 6. The highest BCUT2D eigenvalue weighted by molar-refractivity contribution is 6.32. The molecule has 112 valence electrons. The van der Waals surface area contributed by atoms with Gasteiger partial charge in [-0.15, -0.1) is 0 Å². The van der Waals surface area contributed by atoms with E-state index < -0.39 is 0 Å². The number of rotatable bonds is 6. The highest BCUT2D eigenvalue weighted by Crippen LogP contribution is 2.29. The largest absolute Gasteiger partial charge is 0.495 e. The summed E-state index contributed by atoms with van der Waals surface area (Å²) in [5.74, 6) is 1.54. The molecule has 0 aliphatic rings. The number of anilines is 1. The molecule has 7 heteroatoms. The van der Waals surface area contributed by atoms with E-state index in [0.29, 0.717) is 22.5 Å². The number of nitrogens with zero attached hydrogens (tertiary/aromatic N) is 3. The predicted octanol–water partition coefficient (Wildman–Crippen LogP) is 3.03. The summed E-state index contributed by atoms with van der Waals surface area (Å²) in [5, 5.41) is 3.65. The molecule has 0 amide bonds. The number of benzene rings is 1. The molecule has 1 N–H and O–H groups in total. The second-order valence-corrected chi connectivity index (χ2v) is 4.65. The molecule has 0 atom stereocenters. The van der Waals surface area contributed by atoms with Crippen molar-refractivity contribution < 1.29 is 9.47 Å². The first-order valence-corrected chi connectivity index (χ1v) is 6.93. The quantitative estimate of drug-likeness (QED) is 0.884. The molecular formula is C14H17ClN4O2. The summed E-state index contributed by atoms with van der Waals surface area (Å²) in [6.07, 6.45) is 0.970. The van der Waals surface area contributed by atoms with Crippen LogP contribution in [0.4, 0.5) is 5.95 Å². The van der Waals surface area contributed by atoms with E-state index in [0.717, 1.165) is 18.5 Å². The van der Waals surface area contributed by atoms with Crippen LogP contribution < -0.4 is 14.8 Å². The number of nitrogens with one attached hydrogen (secondary N) is 1. The van der Waals surface area contributed by atoms with E-state index in [1.165, 1.54) is 7.11 Å². The van der Waals surface area contributed by atoms with Gasteiger partial charge in [0.15, 0.2) is 5.82 Å². The van der Waals surface area contributed by atoms with Gasteiger partial charge in [0.25, 0.3) is 0 Å². The molecule has 0 bridgehead atoms. The maximum atomic E-state index is 6.03. The third-order valence-corrected chi connectivity index (χ3v) is 3.05. The average molecular weight is 309 g/mol. The van der Waals surface area contributed by atoms with Crippen LogP contribution in [0.5, 0.6) is 11.8 Å². The van der Waals surface area contributed by atoms with Crippen molar-refractivity contribution in [3.8, 4) is 23.1 Å². The first-order valence-electron chi connectivity index (χ1n) is 6.55. The van der Waals surface area contributed by atoms with Gasteiger partial charge in [0.2, 0.25) is 5.95 Å². The van der Waals surface area contributed by atoms with Crippen molar-refractivity contribution in [3.63, 3.8) is 0 Å². The van der Waals surface area contributed by atoms with Crippen molar-refractivity contribution in [3.05, 3.63) is 23.2 Å². The van der Waals surface area contributed by atoms with E-state index in [-0.39, 0.29) is 6.01 Å². The van der Waals surface area contributed by atoms with Gasteiger partial charge >= 0.3 is 6.01 Å². The van der Waals surface area contributed by atoms with Crippen LogP contribution in [-0.4, -0.2) is 35.7 Å². The molecule has 0 aliphatic heterocycles. The summed E-state index contributed by atoms with van der Waals surface area (Å²) in [6, 6.07) is 5.60. The normalized spacial score (nSPS) is 10.3. The summed E-state index contributed by atoms with van der Waals surface area (Å²) in [5.41, 5.74) is 0.775. The standard InChI is InChI=1S/C14H17ClN4O2/c1-4-7-16-13-17-12(18-14(19-13)21-3)9-5-6-10(15)11(8-9)20-2/h5-6,8H,4,7H2,1-3H3,(H,16,17,18,19). The molecule has 0 spiro atoms. The molecule has 1 heterocycles. The number of methoxy groups -OCH3 is 2. The Morgan fingerprint density at radius 1 is 1.14 bits per heavy atom. The fourth-order valence-corrected chi connectivity index (χ4v) is 1.89. The van der Waals surface area contributed by atoms with E-state index >= 15 is 0 Å². The molecule has 0 saturated heterocycles. The van der Waals surface area contributed by atoms with Crippen LogP contribution in [0.25, 0.3) is 11.4 Å². The zero-order chi connectivity index (χ0) is 15.2. The van der Waals surface area contributed by atoms with E-state index in [2.05, 4.69) is 27.2 Å². The lowest BCUT2D eigenvalue weighted by Gasteiger charge is -2.09. The van der Waals surface area contributed by atoms with Gasteiger partial charge in [-0.1, -0.05) is 18.5 Å². The molecule has 21 heavy (non-hydrogen) atoms. The van der Waals surface area contributed by atoms with Crippen LogP contribution in [0.15, 0.2) is 18.2 Å². The summed E-state index contributed by atoms with van der Waals surface area (Å²) in [4.78, 5) is 12.8. The lowest BCUT2D eigenvalue weighted by molar-refractivity contribution is 0.379. The highest BCUT2D eigenvalue weighted by atomic mass is 35.5. The van der Waals surface area contributed by atoms with E-state index in [1.807, 2.05) is 6.07 Å². The van der Waals surface area contributed by atoms with Crippen LogP contribution in [0, 0.1) is 0 Å². The Morgan fingerprint density at radius 3 is 2.62 bits per heavy atom. The monoisotopic (exact) mass is 308 g/mol. The summed E-state index contributed by atoms with van der Waals surface area (Å²) in [7, 11) is 3.08. The maximum Gasteiger partial charge on any atom is 0.321 e. The van der Waals surface area contributed by atoms with Gasteiger partial charge in [-0.3, -0.25) is 0 Å². The fraction of sp³-hybridized carbons (Fsp3) is 0.357. The van der Waals surface area contributed by atoms with Crippen LogP contribution in [0.3, 0.4) is 0 Å². The number of halogens is 1. The first-order chi connectivity index (χ1) is 10.2. The lowest BCUT2D eigenvalue weighted by atomic mass is 10.2. The molecule has 2 aromatic rings. The highest BCUT2D eigenvalue weighted by Gasteiger charge is 2.11. The second-order valence-electron chi connectivity index (χ2n) is 4.25. The van der Waals surface area contributed by atoms with Crippen LogP contribution >= 0.6 is 11.6 Å². The Labute approximate surface area is 128 Å². The average Bonchev–Trinajstić information content (AvgIpc) is 2.53. The first kappa shape index (κ1) is 15.3. The van der Waals surface area contributed by atoms with Crippen molar-refractivity contribution in [2.75, 3.05) is 26.1 Å². The minimum Gasteiger partial charge on any atom is -0.495 e. The third-order valence-electron chi connectivity index (χ3n) is 2.74. The molecule has 0 radical (unpaired) electrons. The van der Waals surface area contributed by atoms with Crippen molar-refractivity contribution in [2.24, 2.45) is 0 Å². The number of ether oxygens (including phenoxy) is 2. The van der Waals surface area contributed by atoms with Crippen molar-refractivity contribution in [1.29, 1.82) is 0 Å². The Balaban J connectivity index is 2.42. The minimum atomic E-state index is 0.257. The molecule has 1 aromatic heterocycles. The molecule has 0 fully saturated rings. The predicted molar refractivity (Wildman–Crippen MR) is 82.2 cm³/mol. The van der Waals surface area contributed by atoms with Crippen LogP contribution in [0.1, 0.15) is 13.3 Å². The maximum absolute atomic E-state index is 6.03. The van der Waals surface area contributed by atoms with E-state index in [9.17, 15) is 0 Å². The number of hydrogen-bond donors (Lipinski definition) is 1. The van der Waals surface area contributed by atoms with Crippen molar-refractivity contribution >= 4 is 17.5 Å². The van der Waals surface area contributed by atoms with Crippen molar-refractivity contribution in [1.82, 2.24) is 15.0 Å². The molecule has 0 unspecified atom stereocenters. The SMILES string of the molecule is CCCNc1nc(OC)nc(-c2ccc(Cl)c(OC)c2)n1. The fourth-order valence-electron chi connectivity index (χ4n) is 1.69. The van der Waals surface area contributed by atoms with Gasteiger partial charge in [0, 0.05) is 12.1 Å². The lowest BCUT2D eigenvalue weighted by Crippen LogP contribution is -2.07. The molecule has 0 aliphatic carbocycles. The van der Waals surface area contributed by atoms with Gasteiger partial charge in [0.1, 0.15) is 5.75 Å². The Bertz CT molecular complexity index is 622. The number of aromatic nitrogens is 3. The molecule has 2 rings (SSSR count). The summed E-state index contributed by atoms with van der Waals surface area (Å²) >= 11 is 6.03. The molecule has 1 aromatic carbocycles. The summed E-state index contributed by atoms with van der Waals surface area (Å²) < 4.78 is 10.3. The van der Waals surface area contributed by atoms with Crippen LogP contribution in [-0.2, 0) is 0 Å². The van der Waals surface area contributed by atoms with Crippen LogP contribution in [0.2, 0.25) is 5.02 Å². The zero-order valence-electron chi connectivity index (χ0n) is 12.2. The van der Waals surface area contributed by atoms with E-state index in [1.54, 1.807) is 19.2 Å².